The highest BCUT2D eigenvalue weighted by atomic mass is 35.5. The van der Waals surface area contributed by atoms with Gasteiger partial charge in [-0.05, 0) is 36.4 Å². The highest BCUT2D eigenvalue weighted by Crippen LogP contribution is 2.29. The number of hydrogen-bond donors (Lipinski definition) is 1. The average Bonchev–Trinajstić information content (AvgIpc) is 2.87. The van der Waals surface area contributed by atoms with Crippen molar-refractivity contribution in [1.82, 2.24) is 4.90 Å². The summed E-state index contributed by atoms with van der Waals surface area (Å²) in [7, 11) is 0. The number of benzene rings is 3. The smallest absolute Gasteiger partial charge is 0.261 e. The van der Waals surface area contributed by atoms with Crippen molar-refractivity contribution >= 4 is 34.8 Å². The zero-order valence-electron chi connectivity index (χ0n) is 17.9. The summed E-state index contributed by atoms with van der Waals surface area (Å²) < 4.78 is 68.5. The first kappa shape index (κ1) is 24.5. The summed E-state index contributed by atoms with van der Waals surface area (Å²) in [6, 6.07) is 12.8. The van der Waals surface area contributed by atoms with E-state index >= 15 is 0 Å². The summed E-state index contributed by atoms with van der Waals surface area (Å²) in [5.41, 5.74) is -0.518. The van der Waals surface area contributed by atoms with Crippen LogP contribution < -0.4 is 10.2 Å². The van der Waals surface area contributed by atoms with Crippen molar-refractivity contribution in [2.24, 2.45) is 0 Å². The number of hydrogen-bond acceptors (Lipinski definition) is 3. The number of carbonyl (C=O) groups is 2. The van der Waals surface area contributed by atoms with Crippen molar-refractivity contribution in [3.05, 3.63) is 93.8 Å². The van der Waals surface area contributed by atoms with E-state index in [2.05, 4.69) is 5.32 Å². The molecule has 5 nitrogen and oxygen atoms in total. The lowest BCUT2D eigenvalue weighted by Gasteiger charge is -2.37. The monoisotopic (exact) mass is 509 g/mol. The minimum absolute atomic E-state index is 0.110. The summed E-state index contributed by atoms with van der Waals surface area (Å²) in [6.07, 6.45) is 0. The van der Waals surface area contributed by atoms with Gasteiger partial charge in [0.15, 0.2) is 23.3 Å². The Kier molecular flexibility index (Phi) is 6.93. The molecule has 0 aromatic heterocycles. The second kappa shape index (κ2) is 9.91. The third-order valence-electron chi connectivity index (χ3n) is 5.59. The summed E-state index contributed by atoms with van der Waals surface area (Å²) >= 11 is 5.86. The minimum Gasteiger partial charge on any atom is -0.366 e. The van der Waals surface area contributed by atoms with E-state index in [0.717, 1.165) is 0 Å². The molecule has 2 amide bonds. The molecule has 0 atom stereocenters. The molecule has 3 aromatic rings. The highest BCUT2D eigenvalue weighted by Gasteiger charge is 2.30. The third kappa shape index (κ3) is 4.79. The Morgan fingerprint density at radius 1 is 0.743 bits per heavy atom. The van der Waals surface area contributed by atoms with E-state index in [1.54, 1.807) is 41.3 Å². The van der Waals surface area contributed by atoms with Crippen LogP contribution >= 0.6 is 11.6 Å². The molecule has 1 aliphatic heterocycles. The van der Waals surface area contributed by atoms with Gasteiger partial charge in [-0.25, -0.2) is 22.0 Å². The largest absolute Gasteiger partial charge is 0.366 e. The van der Waals surface area contributed by atoms with Gasteiger partial charge < -0.3 is 15.1 Å². The van der Waals surface area contributed by atoms with Crippen LogP contribution in [0.1, 0.15) is 20.7 Å². The van der Waals surface area contributed by atoms with Crippen LogP contribution in [0.3, 0.4) is 0 Å². The number of halogens is 6. The van der Waals surface area contributed by atoms with Crippen molar-refractivity contribution in [2.75, 3.05) is 36.4 Å². The van der Waals surface area contributed by atoms with E-state index in [0.29, 0.717) is 42.5 Å². The van der Waals surface area contributed by atoms with Crippen molar-refractivity contribution in [3.63, 3.8) is 0 Å². The fourth-order valence-corrected chi connectivity index (χ4v) is 3.90. The van der Waals surface area contributed by atoms with E-state index in [1.165, 1.54) is 12.1 Å². The number of rotatable bonds is 4. The topological polar surface area (TPSA) is 52.7 Å². The number of nitrogens with zero attached hydrogens (tertiary/aromatic N) is 2. The molecule has 11 heteroatoms. The average molecular weight is 510 g/mol. The molecule has 0 aliphatic carbocycles. The van der Waals surface area contributed by atoms with Crippen molar-refractivity contribution in [3.8, 4) is 0 Å². The van der Waals surface area contributed by atoms with E-state index in [4.69, 9.17) is 11.6 Å². The van der Waals surface area contributed by atoms with E-state index < -0.39 is 40.6 Å². The van der Waals surface area contributed by atoms with E-state index in [-0.39, 0.29) is 11.6 Å². The summed E-state index contributed by atoms with van der Waals surface area (Å²) in [5, 5.41) is 2.75. The second-order valence-corrected chi connectivity index (χ2v) is 8.14. The Bertz CT molecular complexity index is 1270. The van der Waals surface area contributed by atoms with Gasteiger partial charge in [0.05, 0.1) is 11.4 Å². The predicted octanol–water partition coefficient (Wildman–Crippen LogP) is 5.25. The molecule has 0 radical (unpaired) electrons. The molecule has 182 valence electrons. The first-order valence-electron chi connectivity index (χ1n) is 10.4. The number of carbonyl (C=O) groups excluding carboxylic acids is 2. The number of piperazine rings is 1. The van der Waals surface area contributed by atoms with Gasteiger partial charge in [0.2, 0.25) is 5.82 Å². The molecule has 0 saturated carbocycles. The molecule has 0 spiro atoms. The first-order chi connectivity index (χ1) is 16.7. The maximum absolute atomic E-state index is 14.1. The van der Waals surface area contributed by atoms with Crippen LogP contribution in [0.5, 0.6) is 0 Å². The molecule has 4 rings (SSSR count). The molecule has 0 bridgehead atoms. The Labute approximate surface area is 201 Å². The van der Waals surface area contributed by atoms with Crippen LogP contribution in [-0.2, 0) is 0 Å². The fourth-order valence-electron chi connectivity index (χ4n) is 3.77. The van der Waals surface area contributed by atoms with Crippen LogP contribution in [0.15, 0.2) is 48.5 Å². The zero-order valence-corrected chi connectivity index (χ0v) is 18.7. The van der Waals surface area contributed by atoms with E-state index in [9.17, 15) is 31.5 Å². The van der Waals surface area contributed by atoms with Crippen LogP contribution in [0.25, 0.3) is 0 Å². The Morgan fingerprint density at radius 2 is 1.29 bits per heavy atom. The summed E-state index contributed by atoms with van der Waals surface area (Å²) in [5.74, 6) is -12.8. The quantitative estimate of drug-likeness (QED) is 0.297. The third-order valence-corrected chi connectivity index (χ3v) is 5.84. The molecular formula is C24H17ClF5N3O2. The molecule has 3 aromatic carbocycles. The van der Waals surface area contributed by atoms with Gasteiger partial charge in [-0.3, -0.25) is 9.59 Å². The number of para-hydroxylation sites is 2. The van der Waals surface area contributed by atoms with Crippen LogP contribution in [0.2, 0.25) is 5.02 Å². The first-order valence-corrected chi connectivity index (χ1v) is 10.8. The summed E-state index contributed by atoms with van der Waals surface area (Å²) in [6.45, 7) is 1.44. The number of nitrogens with one attached hydrogen (secondary N) is 1. The van der Waals surface area contributed by atoms with Gasteiger partial charge in [0, 0.05) is 36.8 Å². The normalized spacial score (nSPS) is 13.7. The molecular weight excluding hydrogens is 493 g/mol. The zero-order chi connectivity index (χ0) is 25.3. The number of amides is 2. The lowest BCUT2D eigenvalue weighted by molar-refractivity contribution is 0.0746. The highest BCUT2D eigenvalue weighted by molar-refractivity contribution is 6.30. The Hall–Kier alpha value is -3.66. The van der Waals surface area contributed by atoms with Crippen molar-refractivity contribution < 1.29 is 31.5 Å². The van der Waals surface area contributed by atoms with Crippen LogP contribution in [0.4, 0.5) is 33.3 Å². The maximum atomic E-state index is 14.1. The van der Waals surface area contributed by atoms with Gasteiger partial charge in [-0.15, -0.1) is 0 Å². The molecule has 1 saturated heterocycles. The SMILES string of the molecule is O=C(Nc1ccccc1N1CCN(C(=O)c2ccc(Cl)cc2)CC1)c1c(F)c(F)c(F)c(F)c1F. The van der Waals surface area contributed by atoms with Crippen molar-refractivity contribution in [2.45, 2.75) is 0 Å². The van der Waals surface area contributed by atoms with Crippen LogP contribution in [0, 0.1) is 29.1 Å². The van der Waals surface area contributed by atoms with E-state index in [1.807, 2.05) is 4.90 Å². The maximum Gasteiger partial charge on any atom is 0.261 e. The molecule has 1 fully saturated rings. The van der Waals surface area contributed by atoms with Gasteiger partial charge in [-0.2, -0.15) is 0 Å². The lowest BCUT2D eigenvalue weighted by Crippen LogP contribution is -2.49. The molecule has 1 N–H and O–H groups in total. The fraction of sp³-hybridized carbons (Fsp3) is 0.167. The number of anilines is 2. The van der Waals surface area contributed by atoms with Crippen LogP contribution in [-0.4, -0.2) is 42.9 Å². The molecule has 1 heterocycles. The van der Waals surface area contributed by atoms with Gasteiger partial charge in [-0.1, -0.05) is 23.7 Å². The Morgan fingerprint density at radius 3 is 1.89 bits per heavy atom. The molecule has 1 aliphatic rings. The standard InChI is InChI=1S/C24H17ClF5N3O2/c25-14-7-5-13(6-8-14)24(35)33-11-9-32(10-12-33)16-4-2-1-3-15(16)31-23(34)17-18(26)20(28)22(30)21(29)19(17)27/h1-8H,9-12H2,(H,31,34). The Balaban J connectivity index is 1.51. The predicted molar refractivity (Wildman–Crippen MR) is 120 cm³/mol. The molecule has 35 heavy (non-hydrogen) atoms. The summed E-state index contributed by atoms with van der Waals surface area (Å²) in [4.78, 5) is 28.7. The second-order valence-electron chi connectivity index (χ2n) is 7.70. The molecule has 0 unspecified atom stereocenters. The van der Waals surface area contributed by atoms with Gasteiger partial charge >= 0.3 is 0 Å². The lowest BCUT2D eigenvalue weighted by atomic mass is 10.1. The minimum atomic E-state index is -2.34. The van der Waals surface area contributed by atoms with Crippen molar-refractivity contribution in [1.29, 1.82) is 0 Å². The van der Waals surface area contributed by atoms with Gasteiger partial charge in [0.25, 0.3) is 11.8 Å². The van der Waals surface area contributed by atoms with Gasteiger partial charge in [0.1, 0.15) is 5.56 Å².